The number of piperazine rings is 1. The van der Waals surface area contributed by atoms with Crippen LogP contribution in [0.15, 0.2) is 24.3 Å². The van der Waals surface area contributed by atoms with Gasteiger partial charge in [-0.15, -0.1) is 0 Å². The molecule has 3 aliphatic heterocycles. The Morgan fingerprint density at radius 2 is 1.52 bits per heavy atom. The van der Waals surface area contributed by atoms with Gasteiger partial charge in [-0.25, -0.2) is 8.78 Å². The lowest BCUT2D eigenvalue weighted by Crippen LogP contribution is -2.56. The van der Waals surface area contributed by atoms with Gasteiger partial charge < -0.3 is 14.7 Å². The van der Waals surface area contributed by atoms with Crippen molar-refractivity contribution in [2.75, 3.05) is 45.8 Å². The van der Waals surface area contributed by atoms with Crippen LogP contribution in [0.4, 0.5) is 8.78 Å². The molecule has 11 heteroatoms. The molecule has 0 radical (unpaired) electrons. The molecule has 3 amide bonds. The number of carbonyl (C=O) groups is 3. The van der Waals surface area contributed by atoms with Gasteiger partial charge in [0.2, 0.25) is 23.6 Å². The number of halogens is 3. The van der Waals surface area contributed by atoms with Gasteiger partial charge in [-0.1, -0.05) is 23.7 Å². The number of hydrogen-bond acceptors (Lipinski definition) is 5. The van der Waals surface area contributed by atoms with E-state index in [9.17, 15) is 23.2 Å². The molecule has 1 aliphatic carbocycles. The van der Waals surface area contributed by atoms with Gasteiger partial charge in [0.05, 0.1) is 12.0 Å². The van der Waals surface area contributed by atoms with E-state index in [1.54, 1.807) is 9.80 Å². The number of benzene rings is 1. The van der Waals surface area contributed by atoms with Crippen LogP contribution in [0, 0.1) is 5.92 Å². The summed E-state index contributed by atoms with van der Waals surface area (Å²) in [5.41, 5.74) is 0.874. The Bertz CT molecular complexity index is 1250. The maximum atomic E-state index is 14.8. The van der Waals surface area contributed by atoms with Crippen molar-refractivity contribution in [3.63, 3.8) is 0 Å². The first-order valence-corrected chi connectivity index (χ1v) is 17.4. The molecule has 4 aliphatic rings. The van der Waals surface area contributed by atoms with Crippen molar-refractivity contribution in [3.8, 4) is 0 Å². The molecular weight excluding hydrogens is 612 g/mol. The average Bonchev–Trinajstić information content (AvgIpc) is 3.64. The summed E-state index contributed by atoms with van der Waals surface area (Å²) in [7, 11) is 0. The van der Waals surface area contributed by atoms with Crippen LogP contribution in [0.1, 0.15) is 85.1 Å². The summed E-state index contributed by atoms with van der Waals surface area (Å²) in [6, 6.07) is 6.63. The molecule has 0 aromatic heterocycles. The van der Waals surface area contributed by atoms with E-state index in [-0.39, 0.29) is 73.4 Å². The molecule has 0 bridgehead atoms. The summed E-state index contributed by atoms with van der Waals surface area (Å²) in [5.74, 6) is -3.53. The summed E-state index contributed by atoms with van der Waals surface area (Å²) in [4.78, 5) is 52.3. The van der Waals surface area contributed by atoms with Crippen molar-refractivity contribution in [1.82, 2.24) is 24.5 Å². The lowest BCUT2D eigenvalue weighted by Gasteiger charge is -2.40. The molecule has 5 rings (SSSR count). The first kappa shape index (κ1) is 35.0. The highest BCUT2D eigenvalue weighted by Gasteiger charge is 2.51. The van der Waals surface area contributed by atoms with E-state index in [1.165, 1.54) is 6.92 Å². The van der Waals surface area contributed by atoms with E-state index in [0.29, 0.717) is 43.7 Å². The monoisotopic (exact) mass is 663 g/mol. The van der Waals surface area contributed by atoms with Crippen molar-refractivity contribution >= 4 is 29.3 Å². The quantitative estimate of drug-likeness (QED) is 0.424. The van der Waals surface area contributed by atoms with Crippen LogP contribution in [0.5, 0.6) is 0 Å². The fraction of sp³-hybridized carbons (Fsp3) is 0.743. The molecule has 1 saturated carbocycles. The molecule has 46 heavy (non-hydrogen) atoms. The number of nitrogens with zero attached hydrogens (tertiary/aromatic N) is 5. The van der Waals surface area contributed by atoms with Crippen molar-refractivity contribution in [1.29, 1.82) is 0 Å². The number of carbonyl (C=O) groups excluding carboxylic acids is 3. The molecule has 4 atom stereocenters. The number of amides is 3. The van der Waals surface area contributed by atoms with Crippen LogP contribution < -0.4 is 0 Å². The number of rotatable bonds is 6. The van der Waals surface area contributed by atoms with Crippen LogP contribution in [0.25, 0.3) is 0 Å². The minimum absolute atomic E-state index is 0.0768. The summed E-state index contributed by atoms with van der Waals surface area (Å²) < 4.78 is 28.2. The zero-order valence-electron chi connectivity index (χ0n) is 28.4. The second-order valence-electron chi connectivity index (χ2n) is 15.2. The van der Waals surface area contributed by atoms with Crippen LogP contribution >= 0.6 is 11.6 Å². The predicted molar refractivity (Wildman–Crippen MR) is 176 cm³/mol. The first-order valence-electron chi connectivity index (χ1n) is 17.1. The fourth-order valence-electron chi connectivity index (χ4n) is 8.14. The molecule has 0 spiro atoms. The van der Waals surface area contributed by atoms with Gasteiger partial charge in [-0.2, -0.15) is 0 Å². The van der Waals surface area contributed by atoms with E-state index >= 15 is 0 Å². The van der Waals surface area contributed by atoms with Gasteiger partial charge in [-0.3, -0.25) is 24.2 Å². The topological polar surface area (TPSA) is 67.4 Å². The van der Waals surface area contributed by atoms with Crippen molar-refractivity contribution in [2.45, 2.75) is 115 Å². The lowest BCUT2D eigenvalue weighted by molar-refractivity contribution is -0.147. The minimum atomic E-state index is -2.72. The third-order valence-electron chi connectivity index (χ3n) is 10.9. The Hall–Kier alpha value is -2.30. The third kappa shape index (κ3) is 7.54. The second-order valence-corrected chi connectivity index (χ2v) is 15.6. The maximum Gasteiger partial charge on any atom is 0.248 e. The van der Waals surface area contributed by atoms with E-state index in [4.69, 9.17) is 11.6 Å². The van der Waals surface area contributed by atoms with Gasteiger partial charge in [0.1, 0.15) is 6.04 Å². The van der Waals surface area contributed by atoms with Crippen molar-refractivity contribution in [3.05, 3.63) is 34.9 Å². The van der Waals surface area contributed by atoms with Crippen LogP contribution in [0.2, 0.25) is 5.02 Å². The highest BCUT2D eigenvalue weighted by Crippen LogP contribution is 2.41. The standard InChI is InChI=1S/C35H52ClF2N5O3/c1-23(2)39-15-17-40(18-16-39)33(46)31-19-28(43(24(3)44)27-11-13-35(37,38)14-12-27)20-42(31)32(45)30-22-41(34(4,5)6)21-29(30)25-7-9-26(36)10-8-25/h7-10,23,27-31H,11-22H2,1-6H3/t28-,29-,30-,31-/m0/s1. The van der Waals surface area contributed by atoms with Gasteiger partial charge >= 0.3 is 0 Å². The molecule has 0 N–H and O–H groups in total. The molecule has 3 saturated heterocycles. The summed E-state index contributed by atoms with van der Waals surface area (Å²) >= 11 is 6.22. The maximum absolute atomic E-state index is 14.8. The van der Waals surface area contributed by atoms with E-state index < -0.39 is 18.0 Å². The van der Waals surface area contributed by atoms with Gasteiger partial charge in [0.15, 0.2) is 0 Å². The van der Waals surface area contributed by atoms with Gasteiger partial charge in [0.25, 0.3) is 0 Å². The molecule has 1 aromatic rings. The fourth-order valence-corrected chi connectivity index (χ4v) is 8.27. The van der Waals surface area contributed by atoms with Gasteiger partial charge in [0, 0.05) is 94.1 Å². The van der Waals surface area contributed by atoms with Crippen molar-refractivity contribution < 1.29 is 23.2 Å². The molecule has 8 nitrogen and oxygen atoms in total. The average molecular weight is 664 g/mol. The second kappa shape index (κ2) is 13.7. The summed E-state index contributed by atoms with van der Waals surface area (Å²) in [6.07, 6.45) is 0.242. The summed E-state index contributed by atoms with van der Waals surface area (Å²) in [6.45, 7) is 16.4. The zero-order valence-corrected chi connectivity index (χ0v) is 29.1. The lowest BCUT2D eigenvalue weighted by atomic mass is 9.87. The van der Waals surface area contributed by atoms with Crippen LogP contribution in [-0.2, 0) is 14.4 Å². The molecule has 0 unspecified atom stereocenters. The van der Waals surface area contributed by atoms with E-state index in [0.717, 1.165) is 18.7 Å². The third-order valence-corrected chi connectivity index (χ3v) is 11.2. The molecule has 3 heterocycles. The Labute approximate surface area is 278 Å². The van der Waals surface area contributed by atoms with Crippen LogP contribution in [-0.4, -0.2) is 124 Å². The highest BCUT2D eigenvalue weighted by molar-refractivity contribution is 6.30. The van der Waals surface area contributed by atoms with Gasteiger partial charge in [-0.05, 0) is 71.6 Å². The number of alkyl halides is 2. The first-order chi connectivity index (χ1) is 21.6. The van der Waals surface area contributed by atoms with Crippen molar-refractivity contribution in [2.24, 2.45) is 5.92 Å². The van der Waals surface area contributed by atoms with E-state index in [2.05, 4.69) is 44.4 Å². The highest BCUT2D eigenvalue weighted by atomic mass is 35.5. The number of hydrogen-bond donors (Lipinski definition) is 0. The summed E-state index contributed by atoms with van der Waals surface area (Å²) in [5, 5.41) is 0.632. The zero-order chi connectivity index (χ0) is 33.6. The molecule has 1 aromatic carbocycles. The Morgan fingerprint density at radius 1 is 0.913 bits per heavy atom. The Kier molecular flexibility index (Phi) is 10.4. The minimum Gasteiger partial charge on any atom is -0.338 e. The Morgan fingerprint density at radius 3 is 2.07 bits per heavy atom. The molecular formula is C35H52ClF2N5O3. The SMILES string of the molecule is CC(=O)N(C1CCC(F)(F)CC1)[C@H]1C[C@@H](C(=O)N2CCN(C(C)C)CC2)N(C(=O)[C@H]2CN(C(C)(C)C)C[C@H]2c2ccc(Cl)cc2)C1. The predicted octanol–water partition coefficient (Wildman–Crippen LogP) is 5.10. The Balaban J connectivity index is 1.44. The largest absolute Gasteiger partial charge is 0.338 e. The van der Waals surface area contributed by atoms with Crippen LogP contribution in [0.3, 0.4) is 0 Å². The number of likely N-dealkylation sites (tertiary alicyclic amines) is 2. The molecule has 4 fully saturated rings. The molecule has 256 valence electrons. The van der Waals surface area contributed by atoms with E-state index in [1.807, 2.05) is 29.2 Å². The smallest absolute Gasteiger partial charge is 0.248 e. The normalized spacial score (nSPS) is 28.2.